The summed E-state index contributed by atoms with van der Waals surface area (Å²) in [7, 11) is 0. The van der Waals surface area contributed by atoms with Gasteiger partial charge in [0.1, 0.15) is 11.5 Å². The first-order chi connectivity index (χ1) is 5.81. The molecule has 1 aromatic rings. The molecule has 0 aliphatic carbocycles. The molecule has 2 N–H and O–H groups in total. The second-order valence-corrected chi connectivity index (χ2v) is 2.75. The van der Waals surface area contributed by atoms with Gasteiger partial charge in [0.05, 0.1) is 6.54 Å². The van der Waals surface area contributed by atoms with Crippen LogP contribution in [0.5, 0.6) is 0 Å². The zero-order valence-corrected chi connectivity index (χ0v) is 7.47. The highest BCUT2D eigenvalue weighted by Crippen LogP contribution is 2.17. The first kappa shape index (κ1) is 9.07. The quantitative estimate of drug-likeness (QED) is 0.743. The monoisotopic (exact) mass is 165 g/mol. The molecule has 0 radical (unpaired) electrons. The Hall–Kier alpha value is -1.02. The number of hydrogen-bond donors (Lipinski definition) is 1. The van der Waals surface area contributed by atoms with Gasteiger partial charge in [0.15, 0.2) is 0 Å². The molecule has 1 rings (SSSR count). The zero-order valence-electron chi connectivity index (χ0n) is 7.47. The number of nitrogens with two attached hydrogens (primary N) is 1. The van der Waals surface area contributed by atoms with Crippen molar-refractivity contribution < 1.29 is 4.42 Å². The minimum absolute atomic E-state index is 0.463. The van der Waals surface area contributed by atoms with Crippen molar-refractivity contribution in [3.8, 4) is 0 Å². The maximum absolute atomic E-state index is 5.50. The Kier molecular flexibility index (Phi) is 3.11. The van der Waals surface area contributed by atoms with Crippen LogP contribution in [-0.4, -0.2) is 0 Å². The molecule has 0 bridgehead atoms. The molecule has 0 fully saturated rings. The molecule has 0 atom stereocenters. The highest BCUT2D eigenvalue weighted by Gasteiger charge is 2.05. The van der Waals surface area contributed by atoms with Gasteiger partial charge < -0.3 is 10.2 Å². The van der Waals surface area contributed by atoms with Crippen LogP contribution in [0, 0.1) is 0 Å². The molecule has 0 aliphatic rings. The minimum atomic E-state index is 0.463. The van der Waals surface area contributed by atoms with Crippen LogP contribution >= 0.6 is 0 Å². The smallest absolute Gasteiger partial charge is 0.118 e. The van der Waals surface area contributed by atoms with E-state index in [1.165, 1.54) is 0 Å². The summed E-state index contributed by atoms with van der Waals surface area (Å²) in [6.45, 7) is 6.31. The maximum Gasteiger partial charge on any atom is 0.118 e. The van der Waals surface area contributed by atoms with Crippen LogP contribution in [0.1, 0.15) is 30.4 Å². The SMILES string of the molecule is C=Cc1cc(CN)oc1CCC. The fourth-order valence-corrected chi connectivity index (χ4v) is 1.20. The first-order valence-electron chi connectivity index (χ1n) is 4.25. The second kappa shape index (κ2) is 4.12. The van der Waals surface area contributed by atoms with E-state index in [0.29, 0.717) is 6.54 Å². The Morgan fingerprint density at radius 1 is 1.67 bits per heavy atom. The second-order valence-electron chi connectivity index (χ2n) is 2.75. The van der Waals surface area contributed by atoms with Crippen molar-refractivity contribution in [1.82, 2.24) is 0 Å². The molecule has 2 nitrogen and oxygen atoms in total. The summed E-state index contributed by atoms with van der Waals surface area (Å²) in [4.78, 5) is 0. The van der Waals surface area contributed by atoms with Crippen LogP contribution in [0.25, 0.3) is 6.08 Å². The molecule has 12 heavy (non-hydrogen) atoms. The molecule has 0 saturated heterocycles. The van der Waals surface area contributed by atoms with E-state index in [-0.39, 0.29) is 0 Å². The van der Waals surface area contributed by atoms with Crippen molar-refractivity contribution in [3.05, 3.63) is 29.7 Å². The van der Waals surface area contributed by atoms with Crippen molar-refractivity contribution >= 4 is 6.08 Å². The molecule has 1 aromatic heterocycles. The molecular weight excluding hydrogens is 150 g/mol. The zero-order chi connectivity index (χ0) is 8.97. The van der Waals surface area contributed by atoms with Gasteiger partial charge in [0.25, 0.3) is 0 Å². The van der Waals surface area contributed by atoms with Gasteiger partial charge in [-0.1, -0.05) is 19.6 Å². The van der Waals surface area contributed by atoms with E-state index in [1.54, 1.807) is 0 Å². The Bertz CT molecular complexity index is 263. The number of aryl methyl sites for hydroxylation is 1. The molecule has 1 heterocycles. The molecule has 0 aromatic carbocycles. The first-order valence-corrected chi connectivity index (χ1v) is 4.25. The van der Waals surface area contributed by atoms with Crippen LogP contribution in [0.3, 0.4) is 0 Å². The molecule has 0 saturated carbocycles. The lowest BCUT2D eigenvalue weighted by Crippen LogP contribution is -1.92. The largest absolute Gasteiger partial charge is 0.464 e. The van der Waals surface area contributed by atoms with Gasteiger partial charge in [-0.15, -0.1) is 0 Å². The molecule has 0 aliphatic heterocycles. The van der Waals surface area contributed by atoms with E-state index < -0.39 is 0 Å². The predicted octanol–water partition coefficient (Wildman–Crippen LogP) is 2.33. The number of hydrogen-bond acceptors (Lipinski definition) is 2. The molecule has 2 heteroatoms. The van der Waals surface area contributed by atoms with Crippen LogP contribution in [0.4, 0.5) is 0 Å². The maximum atomic E-state index is 5.50. The Labute approximate surface area is 73.1 Å². The summed E-state index contributed by atoms with van der Waals surface area (Å²) in [5.41, 5.74) is 6.54. The normalized spacial score (nSPS) is 10.2. The lowest BCUT2D eigenvalue weighted by atomic mass is 10.2. The topological polar surface area (TPSA) is 39.2 Å². The number of rotatable bonds is 4. The van der Waals surface area contributed by atoms with E-state index in [2.05, 4.69) is 13.5 Å². The highest BCUT2D eigenvalue weighted by atomic mass is 16.3. The van der Waals surface area contributed by atoms with E-state index in [9.17, 15) is 0 Å². The molecule has 0 amide bonds. The van der Waals surface area contributed by atoms with Crippen molar-refractivity contribution in [1.29, 1.82) is 0 Å². The van der Waals surface area contributed by atoms with Crippen molar-refractivity contribution in [2.24, 2.45) is 5.73 Å². The summed E-state index contributed by atoms with van der Waals surface area (Å²) < 4.78 is 5.50. The third kappa shape index (κ3) is 1.77. The third-order valence-electron chi connectivity index (χ3n) is 1.79. The minimum Gasteiger partial charge on any atom is -0.464 e. The highest BCUT2D eigenvalue weighted by molar-refractivity contribution is 5.49. The summed E-state index contributed by atoms with van der Waals surface area (Å²) in [6, 6.07) is 1.96. The van der Waals surface area contributed by atoms with Gasteiger partial charge in [0, 0.05) is 12.0 Å². The van der Waals surface area contributed by atoms with Crippen molar-refractivity contribution in [2.45, 2.75) is 26.3 Å². The third-order valence-corrected chi connectivity index (χ3v) is 1.79. The van der Waals surface area contributed by atoms with E-state index in [4.69, 9.17) is 10.2 Å². The van der Waals surface area contributed by atoms with Crippen LogP contribution in [-0.2, 0) is 13.0 Å². The Morgan fingerprint density at radius 2 is 2.42 bits per heavy atom. The van der Waals surface area contributed by atoms with Crippen LogP contribution < -0.4 is 5.73 Å². The molecule has 0 unspecified atom stereocenters. The van der Waals surface area contributed by atoms with E-state index in [1.807, 2.05) is 12.1 Å². The number of furan rings is 1. The van der Waals surface area contributed by atoms with Crippen LogP contribution in [0.2, 0.25) is 0 Å². The summed E-state index contributed by atoms with van der Waals surface area (Å²) in [5.74, 6) is 1.85. The summed E-state index contributed by atoms with van der Waals surface area (Å²) >= 11 is 0. The van der Waals surface area contributed by atoms with Gasteiger partial charge in [-0.25, -0.2) is 0 Å². The standard InChI is InChI=1S/C10H15NO/c1-3-5-10-8(4-2)6-9(7-11)12-10/h4,6H,2-3,5,7,11H2,1H3. The van der Waals surface area contributed by atoms with Gasteiger partial charge >= 0.3 is 0 Å². The van der Waals surface area contributed by atoms with E-state index >= 15 is 0 Å². The fraction of sp³-hybridized carbons (Fsp3) is 0.400. The van der Waals surface area contributed by atoms with E-state index in [0.717, 1.165) is 29.9 Å². The average Bonchev–Trinajstić information content (AvgIpc) is 2.48. The summed E-state index contributed by atoms with van der Waals surface area (Å²) in [6.07, 6.45) is 3.85. The molecule has 66 valence electrons. The lowest BCUT2D eigenvalue weighted by Gasteiger charge is -1.93. The predicted molar refractivity (Wildman–Crippen MR) is 50.7 cm³/mol. The molecule has 0 spiro atoms. The van der Waals surface area contributed by atoms with Gasteiger partial charge in [-0.2, -0.15) is 0 Å². The van der Waals surface area contributed by atoms with Gasteiger partial charge in [0.2, 0.25) is 0 Å². The molecular formula is C10H15NO. The van der Waals surface area contributed by atoms with Gasteiger partial charge in [-0.05, 0) is 12.5 Å². The average molecular weight is 165 g/mol. The van der Waals surface area contributed by atoms with Crippen molar-refractivity contribution in [3.63, 3.8) is 0 Å². The van der Waals surface area contributed by atoms with Gasteiger partial charge in [-0.3, -0.25) is 0 Å². The Balaban J connectivity index is 2.91. The lowest BCUT2D eigenvalue weighted by molar-refractivity contribution is 0.464. The summed E-state index contributed by atoms with van der Waals surface area (Å²) in [5, 5.41) is 0. The van der Waals surface area contributed by atoms with Crippen molar-refractivity contribution in [2.75, 3.05) is 0 Å². The fourth-order valence-electron chi connectivity index (χ4n) is 1.20. The Morgan fingerprint density at radius 3 is 2.92 bits per heavy atom. The van der Waals surface area contributed by atoms with Crippen LogP contribution in [0.15, 0.2) is 17.1 Å².